The second kappa shape index (κ2) is 10.8. The van der Waals surface area contributed by atoms with Crippen LogP contribution in [0.3, 0.4) is 0 Å². The number of halogens is 2. The van der Waals surface area contributed by atoms with Crippen LogP contribution in [0.15, 0.2) is 24.4 Å². The number of hydrogen-bond donors (Lipinski definition) is 1. The summed E-state index contributed by atoms with van der Waals surface area (Å²) >= 11 is 0. The smallest absolute Gasteiger partial charge is 0.222 e. The van der Waals surface area contributed by atoms with Crippen LogP contribution in [0.1, 0.15) is 26.2 Å². The molecule has 3 rings (SSSR count). The lowest BCUT2D eigenvalue weighted by Gasteiger charge is -2.36. The topological polar surface area (TPSA) is 48.5 Å². The minimum absolute atomic E-state index is 0. The molecule has 142 valence electrons. The molecule has 0 aromatic carbocycles. The first-order valence-electron chi connectivity index (χ1n) is 8.88. The van der Waals surface area contributed by atoms with Gasteiger partial charge in [-0.3, -0.25) is 4.79 Å². The van der Waals surface area contributed by atoms with Gasteiger partial charge < -0.3 is 15.1 Å². The Hall–Kier alpha value is -1.04. The van der Waals surface area contributed by atoms with Gasteiger partial charge in [-0.25, -0.2) is 4.98 Å². The maximum absolute atomic E-state index is 12.6. The molecular weight excluding hydrogens is 359 g/mol. The molecule has 25 heavy (non-hydrogen) atoms. The molecule has 1 N–H and O–H groups in total. The van der Waals surface area contributed by atoms with Gasteiger partial charge in [-0.05, 0) is 49.9 Å². The number of piperazine rings is 1. The first kappa shape index (κ1) is 22.0. The molecule has 0 spiro atoms. The molecule has 1 amide bonds. The van der Waals surface area contributed by atoms with Crippen LogP contribution in [0.5, 0.6) is 0 Å². The molecule has 2 unspecified atom stereocenters. The van der Waals surface area contributed by atoms with Gasteiger partial charge in [-0.15, -0.1) is 24.8 Å². The minimum Gasteiger partial charge on any atom is -0.353 e. The fraction of sp³-hybridized carbons (Fsp3) is 0.667. The molecule has 5 nitrogen and oxygen atoms in total. The van der Waals surface area contributed by atoms with Crippen molar-refractivity contribution in [3.63, 3.8) is 0 Å². The number of nitrogens with zero attached hydrogens (tertiary/aromatic N) is 3. The van der Waals surface area contributed by atoms with Crippen LogP contribution in [0.4, 0.5) is 5.82 Å². The standard InChI is InChI=1S/C18H28N4O.2ClH/c1-15(16-5-4-7-19-14-16)13-18(23)22-11-9-21(10-12-22)17-6-2-3-8-20-17;;/h2-3,6,8,15-16,19H,4-5,7,9-14H2,1H3;2*1H. The van der Waals surface area contributed by atoms with Crippen molar-refractivity contribution >= 4 is 36.5 Å². The fourth-order valence-corrected chi connectivity index (χ4v) is 3.66. The largest absolute Gasteiger partial charge is 0.353 e. The van der Waals surface area contributed by atoms with Gasteiger partial charge in [0.15, 0.2) is 0 Å². The zero-order chi connectivity index (χ0) is 16.1. The molecule has 1 aromatic rings. The Bertz CT molecular complexity index is 503. The Labute approximate surface area is 163 Å². The zero-order valence-electron chi connectivity index (χ0n) is 14.9. The zero-order valence-corrected chi connectivity index (χ0v) is 16.5. The molecule has 3 heterocycles. The highest BCUT2D eigenvalue weighted by Crippen LogP contribution is 2.23. The third kappa shape index (κ3) is 6.01. The summed E-state index contributed by atoms with van der Waals surface area (Å²) in [6, 6.07) is 5.99. The summed E-state index contributed by atoms with van der Waals surface area (Å²) in [4.78, 5) is 21.3. The van der Waals surface area contributed by atoms with Gasteiger partial charge in [0, 0.05) is 38.8 Å². The summed E-state index contributed by atoms with van der Waals surface area (Å²) in [6.45, 7) is 7.81. The second-order valence-electron chi connectivity index (χ2n) is 6.84. The van der Waals surface area contributed by atoms with E-state index in [-0.39, 0.29) is 24.8 Å². The number of hydrogen-bond acceptors (Lipinski definition) is 4. The number of amides is 1. The monoisotopic (exact) mass is 388 g/mol. The number of rotatable bonds is 4. The van der Waals surface area contributed by atoms with Gasteiger partial charge in [0.2, 0.25) is 5.91 Å². The number of aromatic nitrogens is 1. The number of carbonyl (C=O) groups is 1. The number of pyridine rings is 1. The van der Waals surface area contributed by atoms with E-state index in [1.165, 1.54) is 12.8 Å². The molecule has 2 aliphatic rings. The average Bonchev–Trinajstić information content (AvgIpc) is 2.63. The van der Waals surface area contributed by atoms with E-state index in [1.54, 1.807) is 0 Å². The summed E-state index contributed by atoms with van der Waals surface area (Å²) in [6.07, 6.45) is 5.02. The predicted octanol–water partition coefficient (Wildman–Crippen LogP) is 2.60. The van der Waals surface area contributed by atoms with E-state index >= 15 is 0 Å². The maximum Gasteiger partial charge on any atom is 0.222 e. The molecule has 0 radical (unpaired) electrons. The highest BCUT2D eigenvalue weighted by Gasteiger charge is 2.26. The molecule has 0 bridgehead atoms. The first-order chi connectivity index (χ1) is 11.2. The third-order valence-electron chi connectivity index (χ3n) is 5.24. The first-order valence-corrected chi connectivity index (χ1v) is 8.88. The SMILES string of the molecule is CC(CC(=O)N1CCN(c2ccccn2)CC1)C1CCCNC1.Cl.Cl. The van der Waals surface area contributed by atoms with E-state index < -0.39 is 0 Å². The Morgan fingerprint density at radius 1 is 1.28 bits per heavy atom. The van der Waals surface area contributed by atoms with Gasteiger partial charge >= 0.3 is 0 Å². The van der Waals surface area contributed by atoms with Gasteiger partial charge in [0.1, 0.15) is 5.82 Å². The lowest BCUT2D eigenvalue weighted by Crippen LogP contribution is -2.49. The van der Waals surface area contributed by atoms with E-state index in [1.807, 2.05) is 29.3 Å². The molecule has 7 heteroatoms. The van der Waals surface area contributed by atoms with E-state index in [4.69, 9.17) is 0 Å². The maximum atomic E-state index is 12.6. The van der Waals surface area contributed by atoms with Crippen molar-refractivity contribution in [3.8, 4) is 0 Å². The van der Waals surface area contributed by atoms with Crippen molar-refractivity contribution < 1.29 is 4.79 Å². The normalized spacial score (nSPS) is 21.7. The quantitative estimate of drug-likeness (QED) is 0.860. The van der Waals surface area contributed by atoms with Crippen molar-refractivity contribution in [2.24, 2.45) is 11.8 Å². The number of piperidine rings is 1. The Morgan fingerprint density at radius 2 is 2.04 bits per heavy atom. The van der Waals surface area contributed by atoms with Crippen molar-refractivity contribution in [1.82, 2.24) is 15.2 Å². The molecule has 2 aliphatic heterocycles. The van der Waals surface area contributed by atoms with Crippen molar-refractivity contribution in [3.05, 3.63) is 24.4 Å². The van der Waals surface area contributed by atoms with Gasteiger partial charge in [0.05, 0.1) is 0 Å². The van der Waals surface area contributed by atoms with Gasteiger partial charge in [-0.2, -0.15) is 0 Å². The highest BCUT2D eigenvalue weighted by atomic mass is 35.5. The van der Waals surface area contributed by atoms with Crippen LogP contribution in [0, 0.1) is 11.8 Å². The predicted molar refractivity (Wildman–Crippen MR) is 107 cm³/mol. The van der Waals surface area contributed by atoms with Crippen LogP contribution in [-0.4, -0.2) is 55.1 Å². The van der Waals surface area contributed by atoms with Crippen molar-refractivity contribution in [2.75, 3.05) is 44.2 Å². The molecular formula is C18H30Cl2N4O. The summed E-state index contributed by atoms with van der Waals surface area (Å²) < 4.78 is 0. The van der Waals surface area contributed by atoms with Crippen LogP contribution in [-0.2, 0) is 4.79 Å². The molecule has 0 aliphatic carbocycles. The Kier molecular flexibility index (Phi) is 9.54. The third-order valence-corrected chi connectivity index (χ3v) is 5.24. The second-order valence-corrected chi connectivity index (χ2v) is 6.84. The van der Waals surface area contributed by atoms with Crippen molar-refractivity contribution in [2.45, 2.75) is 26.2 Å². The molecule has 2 atom stereocenters. The lowest BCUT2D eigenvalue weighted by atomic mass is 9.85. The van der Waals surface area contributed by atoms with E-state index in [9.17, 15) is 4.79 Å². The highest BCUT2D eigenvalue weighted by molar-refractivity contribution is 5.85. The summed E-state index contributed by atoms with van der Waals surface area (Å²) in [7, 11) is 0. The van der Waals surface area contributed by atoms with E-state index in [0.29, 0.717) is 24.2 Å². The lowest BCUT2D eigenvalue weighted by molar-refractivity contribution is -0.132. The van der Waals surface area contributed by atoms with Crippen LogP contribution in [0.2, 0.25) is 0 Å². The van der Waals surface area contributed by atoms with Crippen molar-refractivity contribution in [1.29, 1.82) is 0 Å². The molecule has 2 saturated heterocycles. The molecule has 1 aromatic heterocycles. The number of anilines is 1. The van der Waals surface area contributed by atoms with Gasteiger partial charge in [0.25, 0.3) is 0 Å². The summed E-state index contributed by atoms with van der Waals surface area (Å²) in [5, 5.41) is 3.45. The van der Waals surface area contributed by atoms with Gasteiger partial charge in [-0.1, -0.05) is 13.0 Å². The van der Waals surface area contributed by atoms with E-state index in [2.05, 4.69) is 22.1 Å². The average molecular weight is 389 g/mol. The molecule has 2 fully saturated rings. The minimum atomic E-state index is 0. The van der Waals surface area contributed by atoms with Crippen LogP contribution < -0.4 is 10.2 Å². The summed E-state index contributed by atoms with van der Waals surface area (Å²) in [5.41, 5.74) is 0. The van der Waals surface area contributed by atoms with E-state index in [0.717, 1.165) is 45.1 Å². The van der Waals surface area contributed by atoms with Crippen LogP contribution in [0.25, 0.3) is 0 Å². The number of carbonyl (C=O) groups excluding carboxylic acids is 1. The molecule has 0 saturated carbocycles. The summed E-state index contributed by atoms with van der Waals surface area (Å²) in [5.74, 6) is 2.47. The fourth-order valence-electron chi connectivity index (χ4n) is 3.66. The Morgan fingerprint density at radius 3 is 2.64 bits per heavy atom. The Balaban J connectivity index is 0.00000156. The van der Waals surface area contributed by atoms with Crippen LogP contribution >= 0.6 is 24.8 Å². The number of nitrogens with one attached hydrogen (secondary N) is 1.